The number of benzene rings is 2. The summed E-state index contributed by atoms with van der Waals surface area (Å²) in [6.07, 6.45) is 0. The van der Waals surface area contributed by atoms with Gasteiger partial charge < -0.3 is 5.73 Å². The van der Waals surface area contributed by atoms with Crippen LogP contribution < -0.4 is 5.73 Å². The van der Waals surface area contributed by atoms with E-state index in [1.807, 2.05) is 36.4 Å². The molecular formula is C18H16ClN3. The van der Waals surface area contributed by atoms with Crippen molar-refractivity contribution in [3.05, 3.63) is 64.7 Å². The summed E-state index contributed by atoms with van der Waals surface area (Å²) in [6, 6.07) is 15.7. The average molecular weight is 310 g/mol. The number of hydrogen-bond donors (Lipinski definition) is 1. The third kappa shape index (κ3) is 2.95. The topological polar surface area (TPSA) is 51.8 Å². The third-order valence-electron chi connectivity index (χ3n) is 3.67. The minimum atomic E-state index is 0.255. The molecule has 0 aliphatic heterocycles. The molecule has 0 aliphatic rings. The van der Waals surface area contributed by atoms with E-state index >= 15 is 0 Å². The van der Waals surface area contributed by atoms with Crippen LogP contribution >= 0.6 is 11.6 Å². The Morgan fingerprint density at radius 3 is 2.14 bits per heavy atom. The highest BCUT2D eigenvalue weighted by Gasteiger charge is 2.08. The van der Waals surface area contributed by atoms with Crippen LogP contribution in [0.25, 0.3) is 22.5 Å². The molecule has 110 valence electrons. The Morgan fingerprint density at radius 2 is 1.50 bits per heavy atom. The van der Waals surface area contributed by atoms with E-state index in [9.17, 15) is 0 Å². The third-order valence-corrected chi connectivity index (χ3v) is 3.90. The maximum absolute atomic E-state index is 6.05. The van der Waals surface area contributed by atoms with Gasteiger partial charge in [-0.05, 0) is 49.2 Å². The molecule has 0 saturated carbocycles. The van der Waals surface area contributed by atoms with Crippen LogP contribution in [-0.2, 0) is 0 Å². The van der Waals surface area contributed by atoms with Gasteiger partial charge in [0.2, 0.25) is 5.95 Å². The van der Waals surface area contributed by atoms with Crippen molar-refractivity contribution >= 4 is 17.5 Å². The molecule has 1 aromatic heterocycles. The van der Waals surface area contributed by atoms with Gasteiger partial charge in [-0.15, -0.1) is 0 Å². The molecule has 0 radical (unpaired) electrons. The molecule has 1 heterocycles. The zero-order valence-electron chi connectivity index (χ0n) is 12.5. The first-order valence-electron chi connectivity index (χ1n) is 7.01. The van der Waals surface area contributed by atoms with Gasteiger partial charge in [-0.3, -0.25) is 0 Å². The van der Waals surface area contributed by atoms with Gasteiger partial charge in [0.05, 0.1) is 11.4 Å². The zero-order chi connectivity index (χ0) is 15.7. The highest BCUT2D eigenvalue weighted by Crippen LogP contribution is 2.27. The standard InChI is InChI=1S/C18H16ClN3/c1-11-6-7-14(8-12(11)2)17-10-16(21-18(20)22-17)13-4-3-5-15(19)9-13/h3-10H,1-2H3,(H2,20,21,22). The summed E-state index contributed by atoms with van der Waals surface area (Å²) in [4.78, 5) is 8.68. The van der Waals surface area contributed by atoms with Gasteiger partial charge in [-0.25, -0.2) is 9.97 Å². The molecule has 0 spiro atoms. The van der Waals surface area contributed by atoms with Crippen molar-refractivity contribution in [2.24, 2.45) is 0 Å². The summed E-state index contributed by atoms with van der Waals surface area (Å²) < 4.78 is 0. The molecule has 22 heavy (non-hydrogen) atoms. The molecule has 0 bridgehead atoms. The van der Waals surface area contributed by atoms with Crippen LogP contribution in [0.2, 0.25) is 5.02 Å². The van der Waals surface area contributed by atoms with Gasteiger partial charge in [0.25, 0.3) is 0 Å². The average Bonchev–Trinajstić information content (AvgIpc) is 2.49. The molecule has 0 amide bonds. The highest BCUT2D eigenvalue weighted by atomic mass is 35.5. The zero-order valence-corrected chi connectivity index (χ0v) is 13.2. The molecule has 0 saturated heterocycles. The molecule has 2 aromatic carbocycles. The first-order chi connectivity index (χ1) is 10.5. The minimum Gasteiger partial charge on any atom is -0.368 e. The number of aryl methyl sites for hydroxylation is 2. The lowest BCUT2D eigenvalue weighted by molar-refractivity contribution is 1.19. The lowest BCUT2D eigenvalue weighted by atomic mass is 10.0. The van der Waals surface area contributed by atoms with Gasteiger partial charge in [0.1, 0.15) is 0 Å². The molecule has 3 aromatic rings. The fourth-order valence-corrected chi connectivity index (χ4v) is 2.50. The number of aromatic nitrogens is 2. The molecule has 0 atom stereocenters. The quantitative estimate of drug-likeness (QED) is 0.749. The Hall–Kier alpha value is -2.39. The van der Waals surface area contributed by atoms with E-state index in [2.05, 4.69) is 35.9 Å². The van der Waals surface area contributed by atoms with E-state index in [0.717, 1.165) is 22.5 Å². The predicted octanol–water partition coefficient (Wildman–Crippen LogP) is 4.66. The molecule has 3 rings (SSSR count). The molecule has 3 nitrogen and oxygen atoms in total. The lowest BCUT2D eigenvalue weighted by Crippen LogP contribution is -1.99. The second-order valence-corrected chi connectivity index (χ2v) is 5.74. The first-order valence-corrected chi connectivity index (χ1v) is 7.39. The van der Waals surface area contributed by atoms with Gasteiger partial charge >= 0.3 is 0 Å². The van der Waals surface area contributed by atoms with Gasteiger partial charge in [-0.1, -0.05) is 35.9 Å². The van der Waals surface area contributed by atoms with Crippen LogP contribution in [0.5, 0.6) is 0 Å². The molecule has 0 fully saturated rings. The maximum Gasteiger partial charge on any atom is 0.221 e. The monoisotopic (exact) mass is 309 g/mol. The van der Waals surface area contributed by atoms with Crippen molar-refractivity contribution in [1.29, 1.82) is 0 Å². The van der Waals surface area contributed by atoms with Crippen molar-refractivity contribution in [2.75, 3.05) is 5.73 Å². The summed E-state index contributed by atoms with van der Waals surface area (Å²) in [5, 5.41) is 0.669. The van der Waals surface area contributed by atoms with Crippen molar-refractivity contribution in [3.63, 3.8) is 0 Å². The van der Waals surface area contributed by atoms with E-state index < -0.39 is 0 Å². The molecule has 0 aliphatic carbocycles. The number of nitrogen functional groups attached to an aromatic ring is 1. The summed E-state index contributed by atoms with van der Waals surface area (Å²) in [5.74, 6) is 0.255. The predicted molar refractivity (Wildman–Crippen MR) is 91.8 cm³/mol. The number of halogens is 1. The van der Waals surface area contributed by atoms with Gasteiger partial charge in [0, 0.05) is 16.1 Å². The van der Waals surface area contributed by atoms with Crippen molar-refractivity contribution in [2.45, 2.75) is 13.8 Å². The van der Waals surface area contributed by atoms with E-state index in [-0.39, 0.29) is 5.95 Å². The fourth-order valence-electron chi connectivity index (χ4n) is 2.31. The number of nitrogens with zero attached hydrogens (tertiary/aromatic N) is 2. The second-order valence-electron chi connectivity index (χ2n) is 5.31. The largest absolute Gasteiger partial charge is 0.368 e. The van der Waals surface area contributed by atoms with Gasteiger partial charge in [0.15, 0.2) is 0 Å². The van der Waals surface area contributed by atoms with Crippen molar-refractivity contribution in [3.8, 4) is 22.5 Å². The van der Waals surface area contributed by atoms with Crippen LogP contribution in [0, 0.1) is 13.8 Å². The Kier molecular flexibility index (Phi) is 3.82. The van der Waals surface area contributed by atoms with Crippen LogP contribution in [0.15, 0.2) is 48.5 Å². The maximum atomic E-state index is 6.05. The van der Waals surface area contributed by atoms with Crippen LogP contribution in [0.3, 0.4) is 0 Å². The van der Waals surface area contributed by atoms with E-state index in [1.165, 1.54) is 11.1 Å². The summed E-state index contributed by atoms with van der Waals surface area (Å²) in [7, 11) is 0. The molecule has 0 unspecified atom stereocenters. The van der Waals surface area contributed by atoms with Gasteiger partial charge in [-0.2, -0.15) is 0 Å². The SMILES string of the molecule is Cc1ccc(-c2cc(-c3cccc(Cl)c3)nc(N)n2)cc1C. The first kappa shape index (κ1) is 14.5. The smallest absolute Gasteiger partial charge is 0.221 e. The van der Waals surface area contributed by atoms with Crippen LogP contribution in [-0.4, -0.2) is 9.97 Å². The molecule has 4 heteroatoms. The Balaban J connectivity index is 2.12. The van der Waals surface area contributed by atoms with Crippen molar-refractivity contribution in [1.82, 2.24) is 9.97 Å². The molecule has 2 N–H and O–H groups in total. The Morgan fingerprint density at radius 1 is 0.818 bits per heavy atom. The summed E-state index contributed by atoms with van der Waals surface area (Å²) >= 11 is 6.05. The lowest BCUT2D eigenvalue weighted by Gasteiger charge is -2.08. The summed E-state index contributed by atoms with van der Waals surface area (Å²) in [5.41, 5.74) is 11.9. The number of nitrogens with two attached hydrogens (primary N) is 1. The highest BCUT2D eigenvalue weighted by molar-refractivity contribution is 6.30. The second kappa shape index (κ2) is 5.78. The Bertz CT molecular complexity index is 843. The number of hydrogen-bond acceptors (Lipinski definition) is 3. The van der Waals surface area contributed by atoms with E-state index in [4.69, 9.17) is 17.3 Å². The number of anilines is 1. The van der Waals surface area contributed by atoms with E-state index in [1.54, 1.807) is 0 Å². The summed E-state index contributed by atoms with van der Waals surface area (Å²) in [6.45, 7) is 4.17. The molecular weight excluding hydrogens is 294 g/mol. The van der Waals surface area contributed by atoms with Crippen LogP contribution in [0.4, 0.5) is 5.95 Å². The van der Waals surface area contributed by atoms with Crippen LogP contribution in [0.1, 0.15) is 11.1 Å². The minimum absolute atomic E-state index is 0.255. The number of rotatable bonds is 2. The normalized spacial score (nSPS) is 10.7. The Labute approximate surface area is 134 Å². The van der Waals surface area contributed by atoms with Crippen molar-refractivity contribution < 1.29 is 0 Å². The van der Waals surface area contributed by atoms with E-state index in [0.29, 0.717) is 5.02 Å². The fraction of sp³-hybridized carbons (Fsp3) is 0.111.